The van der Waals surface area contributed by atoms with E-state index < -0.39 is 10.9 Å². The molecule has 0 saturated carbocycles. The Hall–Kier alpha value is -3.11. The first-order valence-corrected chi connectivity index (χ1v) is 6.10. The van der Waals surface area contributed by atoms with Crippen LogP contribution in [-0.4, -0.2) is 39.2 Å². The first-order valence-electron chi connectivity index (χ1n) is 6.10. The van der Waals surface area contributed by atoms with Gasteiger partial charge in [-0.15, -0.1) is 0 Å². The van der Waals surface area contributed by atoms with Crippen molar-refractivity contribution >= 4 is 22.9 Å². The molecule has 21 heavy (non-hydrogen) atoms. The van der Waals surface area contributed by atoms with Crippen LogP contribution in [0.4, 0.5) is 11.8 Å². The van der Waals surface area contributed by atoms with Gasteiger partial charge >= 0.3 is 5.95 Å². The zero-order chi connectivity index (χ0) is 14.8. The molecule has 0 unspecified atom stereocenters. The maximum absolute atomic E-state index is 10.5. The van der Waals surface area contributed by atoms with E-state index in [1.54, 1.807) is 6.33 Å². The molecule has 0 amide bonds. The number of nitro groups is 1. The van der Waals surface area contributed by atoms with E-state index in [-0.39, 0.29) is 0 Å². The molecule has 0 bridgehead atoms. The van der Waals surface area contributed by atoms with Gasteiger partial charge in [-0.1, -0.05) is 4.98 Å². The predicted molar refractivity (Wildman–Crippen MR) is 71.0 cm³/mol. The summed E-state index contributed by atoms with van der Waals surface area (Å²) in [6.45, 7) is 1.13. The van der Waals surface area contributed by atoms with Crippen molar-refractivity contribution in [2.24, 2.45) is 0 Å². The molecule has 0 aliphatic carbocycles. The number of aromatic nitrogens is 7. The standard InChI is InChI=1S/C10H11N9O2/c11-8-7-9(13-4-12-8)17(5-14-7)2-1-3-18-6-15-10(16-18)19(20)21/h4-6H,1-3H2,(H2,11,12,13). The van der Waals surface area contributed by atoms with Crippen molar-refractivity contribution < 1.29 is 4.92 Å². The Kier molecular flexibility index (Phi) is 3.14. The van der Waals surface area contributed by atoms with Crippen LogP contribution in [-0.2, 0) is 13.1 Å². The number of imidazole rings is 1. The SMILES string of the molecule is Nc1ncnc2c1ncn2CCCn1cnc([N+](=O)[O-])n1. The largest absolute Gasteiger partial charge is 0.490 e. The van der Waals surface area contributed by atoms with Crippen molar-refractivity contribution in [1.29, 1.82) is 0 Å². The summed E-state index contributed by atoms with van der Waals surface area (Å²) in [7, 11) is 0. The number of nitrogens with two attached hydrogens (primary N) is 1. The molecule has 0 fully saturated rings. The van der Waals surface area contributed by atoms with Crippen molar-refractivity contribution in [2.45, 2.75) is 19.5 Å². The first-order chi connectivity index (χ1) is 10.1. The number of aryl methyl sites for hydroxylation is 2. The Labute approximate surface area is 117 Å². The van der Waals surface area contributed by atoms with Gasteiger partial charge in [-0.2, -0.15) is 4.68 Å². The number of nitrogen functional groups attached to an aromatic ring is 1. The fourth-order valence-electron chi connectivity index (χ4n) is 1.94. The summed E-state index contributed by atoms with van der Waals surface area (Å²) in [6, 6.07) is 0. The van der Waals surface area contributed by atoms with E-state index in [9.17, 15) is 10.1 Å². The highest BCUT2D eigenvalue weighted by Crippen LogP contribution is 2.14. The van der Waals surface area contributed by atoms with E-state index in [0.717, 1.165) is 0 Å². The molecule has 0 saturated heterocycles. The van der Waals surface area contributed by atoms with Crippen molar-refractivity contribution in [3.05, 3.63) is 29.1 Å². The van der Waals surface area contributed by atoms with Crippen LogP contribution in [0.3, 0.4) is 0 Å². The highest BCUT2D eigenvalue weighted by molar-refractivity contribution is 5.80. The molecule has 3 aromatic heterocycles. The Balaban J connectivity index is 1.66. The van der Waals surface area contributed by atoms with E-state index in [0.29, 0.717) is 36.5 Å². The lowest BCUT2D eigenvalue weighted by Gasteiger charge is -2.02. The molecule has 0 atom stereocenters. The normalized spacial score (nSPS) is 11.0. The number of hydrogen-bond acceptors (Lipinski definition) is 8. The third kappa shape index (κ3) is 2.48. The van der Waals surface area contributed by atoms with Crippen LogP contribution < -0.4 is 5.73 Å². The van der Waals surface area contributed by atoms with Crippen LogP contribution in [0.15, 0.2) is 19.0 Å². The van der Waals surface area contributed by atoms with Crippen LogP contribution in [0, 0.1) is 10.1 Å². The molecular formula is C10H11N9O2. The summed E-state index contributed by atoms with van der Waals surface area (Å²) in [5.74, 6) is -0.0609. The quantitative estimate of drug-likeness (QED) is 0.510. The van der Waals surface area contributed by atoms with Gasteiger partial charge in [-0.05, 0) is 11.3 Å². The summed E-state index contributed by atoms with van der Waals surface area (Å²) in [5, 5.41) is 14.2. The lowest BCUT2D eigenvalue weighted by atomic mass is 10.4. The highest BCUT2D eigenvalue weighted by atomic mass is 16.6. The fourth-order valence-corrected chi connectivity index (χ4v) is 1.94. The molecule has 0 radical (unpaired) electrons. The minimum absolute atomic E-state index is 0.339. The lowest BCUT2D eigenvalue weighted by molar-refractivity contribution is -0.394. The molecule has 3 rings (SSSR count). The van der Waals surface area contributed by atoms with E-state index in [1.807, 2.05) is 4.57 Å². The molecule has 11 nitrogen and oxygen atoms in total. The third-order valence-corrected chi connectivity index (χ3v) is 2.90. The second-order valence-corrected chi connectivity index (χ2v) is 4.29. The maximum atomic E-state index is 10.5. The summed E-state index contributed by atoms with van der Waals surface area (Å²) >= 11 is 0. The topological polar surface area (TPSA) is 143 Å². The zero-order valence-corrected chi connectivity index (χ0v) is 10.8. The van der Waals surface area contributed by atoms with Crippen LogP contribution in [0.2, 0.25) is 0 Å². The molecule has 0 aromatic carbocycles. The average Bonchev–Trinajstić information content (AvgIpc) is 3.07. The summed E-state index contributed by atoms with van der Waals surface area (Å²) in [6.07, 6.45) is 5.05. The zero-order valence-electron chi connectivity index (χ0n) is 10.8. The number of nitrogens with zero attached hydrogens (tertiary/aromatic N) is 8. The van der Waals surface area contributed by atoms with Gasteiger partial charge in [0.05, 0.1) is 12.9 Å². The van der Waals surface area contributed by atoms with E-state index in [1.165, 1.54) is 17.3 Å². The van der Waals surface area contributed by atoms with Crippen molar-refractivity contribution in [3.63, 3.8) is 0 Å². The van der Waals surface area contributed by atoms with Gasteiger partial charge in [0.15, 0.2) is 11.5 Å². The second-order valence-electron chi connectivity index (χ2n) is 4.29. The Morgan fingerprint density at radius 1 is 1.19 bits per heavy atom. The number of anilines is 1. The minimum atomic E-state index is -0.625. The molecule has 0 aliphatic rings. The van der Waals surface area contributed by atoms with Gasteiger partial charge in [0.1, 0.15) is 11.8 Å². The van der Waals surface area contributed by atoms with Crippen LogP contribution >= 0.6 is 0 Å². The highest BCUT2D eigenvalue weighted by Gasteiger charge is 2.13. The third-order valence-electron chi connectivity index (χ3n) is 2.90. The molecular weight excluding hydrogens is 278 g/mol. The Morgan fingerprint density at radius 3 is 2.81 bits per heavy atom. The van der Waals surface area contributed by atoms with Gasteiger partial charge < -0.3 is 20.4 Å². The van der Waals surface area contributed by atoms with Gasteiger partial charge in [-0.3, -0.25) is 0 Å². The molecule has 0 spiro atoms. The van der Waals surface area contributed by atoms with Crippen molar-refractivity contribution in [2.75, 3.05) is 5.73 Å². The van der Waals surface area contributed by atoms with Crippen molar-refractivity contribution in [3.8, 4) is 0 Å². The average molecular weight is 289 g/mol. The van der Waals surface area contributed by atoms with Gasteiger partial charge in [0.25, 0.3) is 0 Å². The Morgan fingerprint density at radius 2 is 2.05 bits per heavy atom. The van der Waals surface area contributed by atoms with E-state index in [2.05, 4.69) is 25.0 Å². The number of fused-ring (bicyclic) bond motifs is 1. The first kappa shape index (κ1) is 12.9. The van der Waals surface area contributed by atoms with Crippen LogP contribution in [0.1, 0.15) is 6.42 Å². The number of rotatable bonds is 5. The second kappa shape index (κ2) is 5.11. The molecule has 2 N–H and O–H groups in total. The van der Waals surface area contributed by atoms with Crippen LogP contribution in [0.5, 0.6) is 0 Å². The summed E-state index contributed by atoms with van der Waals surface area (Å²) in [5.41, 5.74) is 6.93. The molecule has 11 heteroatoms. The molecule has 108 valence electrons. The van der Waals surface area contributed by atoms with Crippen molar-refractivity contribution in [1.82, 2.24) is 34.3 Å². The Bertz CT molecular complexity index is 793. The maximum Gasteiger partial charge on any atom is 0.490 e. The predicted octanol–water partition coefficient (Wildman–Crippen LogP) is -0.00150. The van der Waals surface area contributed by atoms with Gasteiger partial charge in [0.2, 0.25) is 6.33 Å². The molecule has 3 heterocycles. The van der Waals surface area contributed by atoms with Crippen LogP contribution in [0.25, 0.3) is 11.2 Å². The molecule has 3 aromatic rings. The summed E-state index contributed by atoms with van der Waals surface area (Å²) < 4.78 is 3.28. The summed E-state index contributed by atoms with van der Waals surface area (Å²) in [4.78, 5) is 25.6. The monoisotopic (exact) mass is 289 g/mol. The van der Waals surface area contributed by atoms with E-state index >= 15 is 0 Å². The smallest absolute Gasteiger partial charge is 0.390 e. The van der Waals surface area contributed by atoms with Gasteiger partial charge in [0, 0.05) is 11.6 Å². The fraction of sp³-hybridized carbons (Fsp3) is 0.300. The van der Waals surface area contributed by atoms with E-state index in [4.69, 9.17) is 5.73 Å². The van der Waals surface area contributed by atoms with Gasteiger partial charge in [-0.25, -0.2) is 15.0 Å². The lowest BCUT2D eigenvalue weighted by Crippen LogP contribution is -2.05. The molecule has 0 aliphatic heterocycles. The minimum Gasteiger partial charge on any atom is -0.390 e. The number of hydrogen-bond donors (Lipinski definition) is 1.